The van der Waals surface area contributed by atoms with Crippen LogP contribution in [0, 0.1) is 17.2 Å². The average molecular weight is 291 g/mol. The number of para-hydroxylation sites is 2. The van der Waals surface area contributed by atoms with Crippen LogP contribution in [0.2, 0.25) is 0 Å². The number of furan rings is 1. The number of aromatic nitrogens is 2. The molecule has 5 nitrogen and oxygen atoms in total. The van der Waals surface area contributed by atoms with E-state index in [-0.39, 0.29) is 17.6 Å². The van der Waals surface area contributed by atoms with Crippen molar-refractivity contribution in [3.63, 3.8) is 0 Å². The first-order chi connectivity index (χ1) is 10.8. The molecule has 3 atom stereocenters. The third-order valence-corrected chi connectivity index (χ3v) is 4.16. The molecule has 1 fully saturated rings. The van der Waals surface area contributed by atoms with Gasteiger partial charge < -0.3 is 9.40 Å². The van der Waals surface area contributed by atoms with Crippen LogP contribution in [-0.4, -0.2) is 15.8 Å². The molecule has 2 heterocycles. The van der Waals surface area contributed by atoms with Gasteiger partial charge in [-0.25, -0.2) is 4.98 Å². The number of carbonyl (C=O) groups excluding carboxylic acids is 1. The molecule has 0 bridgehead atoms. The SMILES string of the molecule is N#C[C@H](C(=O)[C@@H]1C[C@H]1c1ccco1)c1nc2ccccc2[nH]1. The third-order valence-electron chi connectivity index (χ3n) is 4.16. The highest BCUT2D eigenvalue weighted by atomic mass is 16.3. The summed E-state index contributed by atoms with van der Waals surface area (Å²) in [6, 6.07) is 13.3. The summed E-state index contributed by atoms with van der Waals surface area (Å²) >= 11 is 0. The topological polar surface area (TPSA) is 82.7 Å². The number of nitrogens with one attached hydrogen (secondary N) is 1. The lowest BCUT2D eigenvalue weighted by Gasteiger charge is -2.04. The largest absolute Gasteiger partial charge is 0.469 e. The Labute approximate surface area is 126 Å². The van der Waals surface area contributed by atoms with E-state index in [1.807, 2.05) is 36.4 Å². The van der Waals surface area contributed by atoms with E-state index >= 15 is 0 Å². The molecule has 0 amide bonds. The van der Waals surface area contributed by atoms with Crippen molar-refractivity contribution in [3.8, 4) is 6.07 Å². The number of aromatic amines is 1. The molecule has 0 spiro atoms. The molecular formula is C17H13N3O2. The summed E-state index contributed by atoms with van der Waals surface area (Å²) < 4.78 is 5.35. The number of nitrogens with zero attached hydrogens (tertiary/aromatic N) is 2. The monoisotopic (exact) mass is 291 g/mol. The van der Waals surface area contributed by atoms with Crippen molar-refractivity contribution in [2.45, 2.75) is 18.3 Å². The minimum atomic E-state index is -0.850. The molecule has 0 radical (unpaired) electrons. The Morgan fingerprint density at radius 3 is 2.95 bits per heavy atom. The van der Waals surface area contributed by atoms with Crippen LogP contribution in [-0.2, 0) is 4.79 Å². The third kappa shape index (κ3) is 2.01. The number of hydrogen-bond acceptors (Lipinski definition) is 4. The molecule has 1 saturated carbocycles. The molecule has 22 heavy (non-hydrogen) atoms. The fourth-order valence-corrected chi connectivity index (χ4v) is 2.91. The number of fused-ring (bicyclic) bond motifs is 1. The molecule has 1 aromatic carbocycles. The second kappa shape index (κ2) is 4.85. The number of imidazole rings is 1. The molecule has 0 unspecified atom stereocenters. The summed E-state index contributed by atoms with van der Waals surface area (Å²) in [5.74, 6) is 0.269. The van der Waals surface area contributed by atoms with Crippen molar-refractivity contribution in [1.29, 1.82) is 5.26 Å². The highest BCUT2D eigenvalue weighted by Crippen LogP contribution is 2.50. The molecule has 1 aliphatic rings. The first-order valence-electron chi connectivity index (χ1n) is 7.19. The van der Waals surface area contributed by atoms with Crippen molar-refractivity contribution >= 4 is 16.8 Å². The summed E-state index contributed by atoms with van der Waals surface area (Å²) in [6.45, 7) is 0. The van der Waals surface area contributed by atoms with E-state index in [0.717, 1.165) is 23.2 Å². The Kier molecular flexibility index (Phi) is 2.83. The summed E-state index contributed by atoms with van der Waals surface area (Å²) in [6.07, 6.45) is 2.35. The lowest BCUT2D eigenvalue weighted by Crippen LogP contribution is -2.15. The first kappa shape index (κ1) is 12.8. The molecule has 5 heteroatoms. The smallest absolute Gasteiger partial charge is 0.162 e. The highest BCUT2D eigenvalue weighted by molar-refractivity contribution is 5.93. The Balaban J connectivity index is 1.60. The van der Waals surface area contributed by atoms with Crippen LogP contribution < -0.4 is 0 Å². The zero-order valence-electron chi connectivity index (χ0n) is 11.7. The van der Waals surface area contributed by atoms with Gasteiger partial charge in [-0.15, -0.1) is 0 Å². The van der Waals surface area contributed by atoms with Crippen LogP contribution in [0.15, 0.2) is 47.1 Å². The number of nitriles is 1. The van der Waals surface area contributed by atoms with Crippen LogP contribution >= 0.6 is 0 Å². The van der Waals surface area contributed by atoms with Gasteiger partial charge in [-0.3, -0.25) is 4.79 Å². The fourth-order valence-electron chi connectivity index (χ4n) is 2.91. The van der Waals surface area contributed by atoms with Gasteiger partial charge in [0.05, 0.1) is 23.4 Å². The van der Waals surface area contributed by atoms with E-state index in [9.17, 15) is 10.1 Å². The fraction of sp³-hybridized carbons (Fsp3) is 0.235. The van der Waals surface area contributed by atoms with Gasteiger partial charge in [0, 0.05) is 11.8 Å². The Bertz CT molecular complexity index is 840. The van der Waals surface area contributed by atoms with Gasteiger partial charge in [0.25, 0.3) is 0 Å². The number of benzene rings is 1. The minimum Gasteiger partial charge on any atom is -0.469 e. The molecule has 1 N–H and O–H groups in total. The Morgan fingerprint density at radius 1 is 1.36 bits per heavy atom. The van der Waals surface area contributed by atoms with Crippen LogP contribution in [0.5, 0.6) is 0 Å². The van der Waals surface area contributed by atoms with Gasteiger partial charge in [-0.05, 0) is 30.7 Å². The predicted octanol–water partition coefficient (Wildman–Crippen LogP) is 3.14. The second-order valence-electron chi connectivity index (χ2n) is 5.57. The van der Waals surface area contributed by atoms with E-state index in [4.69, 9.17) is 4.42 Å². The molecule has 3 aromatic rings. The van der Waals surface area contributed by atoms with E-state index in [0.29, 0.717) is 5.82 Å². The van der Waals surface area contributed by atoms with Gasteiger partial charge in [0.1, 0.15) is 11.6 Å². The maximum Gasteiger partial charge on any atom is 0.162 e. The van der Waals surface area contributed by atoms with Crippen molar-refractivity contribution in [2.24, 2.45) is 5.92 Å². The number of H-pyrrole nitrogens is 1. The molecule has 4 rings (SSSR count). The van der Waals surface area contributed by atoms with Gasteiger partial charge in [0.2, 0.25) is 0 Å². The van der Waals surface area contributed by atoms with Gasteiger partial charge in [-0.1, -0.05) is 12.1 Å². The van der Waals surface area contributed by atoms with Crippen LogP contribution in [0.4, 0.5) is 0 Å². The first-order valence-corrected chi connectivity index (χ1v) is 7.19. The lowest BCUT2D eigenvalue weighted by atomic mass is 10.00. The Hall–Kier alpha value is -2.87. The van der Waals surface area contributed by atoms with E-state index in [1.54, 1.807) is 6.26 Å². The van der Waals surface area contributed by atoms with E-state index < -0.39 is 5.92 Å². The summed E-state index contributed by atoms with van der Waals surface area (Å²) in [4.78, 5) is 20.1. The maximum atomic E-state index is 12.6. The zero-order chi connectivity index (χ0) is 15.1. The van der Waals surface area contributed by atoms with Gasteiger partial charge >= 0.3 is 0 Å². The molecule has 2 aromatic heterocycles. The minimum absolute atomic E-state index is 0.0806. The van der Waals surface area contributed by atoms with Crippen molar-refractivity contribution in [1.82, 2.24) is 9.97 Å². The Morgan fingerprint density at radius 2 is 2.23 bits per heavy atom. The molecule has 1 aliphatic carbocycles. The summed E-state index contributed by atoms with van der Waals surface area (Å²) in [7, 11) is 0. The normalized spacial score (nSPS) is 21.4. The zero-order valence-corrected chi connectivity index (χ0v) is 11.7. The molecule has 108 valence electrons. The average Bonchev–Trinajstić information content (AvgIpc) is 2.97. The number of ketones is 1. The van der Waals surface area contributed by atoms with E-state index in [2.05, 4.69) is 16.0 Å². The maximum absolute atomic E-state index is 12.6. The standard InChI is InChI=1S/C17H13N3O2/c18-9-12(17-19-13-4-1-2-5-14(13)20-17)16(21)11-8-10(11)15-6-3-7-22-15/h1-7,10-12H,8H2,(H,19,20)/t10-,11-,12-/m1/s1. The van der Waals surface area contributed by atoms with Crippen molar-refractivity contribution < 1.29 is 9.21 Å². The van der Waals surface area contributed by atoms with E-state index in [1.165, 1.54) is 0 Å². The molecule has 0 aliphatic heterocycles. The van der Waals surface area contributed by atoms with Crippen molar-refractivity contribution in [3.05, 3.63) is 54.2 Å². The summed E-state index contributed by atoms with van der Waals surface area (Å²) in [5, 5.41) is 9.41. The quantitative estimate of drug-likeness (QED) is 0.800. The van der Waals surface area contributed by atoms with Gasteiger partial charge in [-0.2, -0.15) is 5.26 Å². The highest BCUT2D eigenvalue weighted by Gasteiger charge is 2.48. The number of rotatable bonds is 4. The van der Waals surface area contributed by atoms with Gasteiger partial charge in [0.15, 0.2) is 11.7 Å². The van der Waals surface area contributed by atoms with Crippen LogP contribution in [0.3, 0.4) is 0 Å². The van der Waals surface area contributed by atoms with Crippen LogP contribution in [0.1, 0.15) is 29.8 Å². The lowest BCUT2D eigenvalue weighted by molar-refractivity contribution is -0.120. The van der Waals surface area contributed by atoms with Crippen LogP contribution in [0.25, 0.3) is 11.0 Å². The molecular weight excluding hydrogens is 278 g/mol. The summed E-state index contributed by atoms with van der Waals surface area (Å²) in [5.41, 5.74) is 1.60. The molecule has 0 saturated heterocycles. The number of Topliss-reactive ketones (excluding diaryl/α,β-unsaturated/α-hetero) is 1. The number of carbonyl (C=O) groups is 1. The number of hydrogen-bond donors (Lipinski definition) is 1. The predicted molar refractivity (Wildman–Crippen MR) is 79.0 cm³/mol. The second-order valence-corrected chi connectivity index (χ2v) is 5.57. The van der Waals surface area contributed by atoms with Crippen molar-refractivity contribution in [2.75, 3.05) is 0 Å².